The topological polar surface area (TPSA) is 49.4 Å². The van der Waals surface area contributed by atoms with Gasteiger partial charge in [0.2, 0.25) is 11.8 Å². The third-order valence-electron chi connectivity index (χ3n) is 4.53. The zero-order chi connectivity index (χ0) is 16.7. The van der Waals surface area contributed by atoms with E-state index in [1.54, 1.807) is 17.0 Å². The number of hydrogen-bond acceptors (Lipinski definition) is 2. The molecule has 5 heteroatoms. The largest absolute Gasteiger partial charge is 0.324 e. The molecular formula is C19H17ClN2O2. The molecule has 0 radical (unpaired) electrons. The first-order chi connectivity index (χ1) is 11.6. The molecule has 1 aliphatic heterocycles. The van der Waals surface area contributed by atoms with Crippen LogP contribution in [0.1, 0.15) is 30.0 Å². The predicted octanol–water partition coefficient (Wildman–Crippen LogP) is 3.62. The Morgan fingerprint density at radius 1 is 1.12 bits per heavy atom. The summed E-state index contributed by atoms with van der Waals surface area (Å²) in [6.07, 6.45) is 1.82. The predicted molar refractivity (Wildman–Crippen MR) is 92.8 cm³/mol. The maximum absolute atomic E-state index is 12.8. The van der Waals surface area contributed by atoms with E-state index in [4.69, 9.17) is 11.6 Å². The van der Waals surface area contributed by atoms with Crippen molar-refractivity contribution >= 4 is 29.1 Å². The lowest BCUT2D eigenvalue weighted by Gasteiger charge is -2.30. The number of anilines is 1. The SMILES string of the molecule is O=C1CN(C(=O)C2CC2)[C@@H](c2ccccc2)c2ccc(Cl)cc2N1. The molecule has 1 heterocycles. The maximum atomic E-state index is 12.8. The van der Waals surface area contributed by atoms with Crippen LogP contribution in [0, 0.1) is 5.92 Å². The van der Waals surface area contributed by atoms with Gasteiger partial charge in [0.15, 0.2) is 0 Å². The van der Waals surface area contributed by atoms with Crippen molar-refractivity contribution in [1.82, 2.24) is 4.90 Å². The zero-order valence-electron chi connectivity index (χ0n) is 13.0. The minimum atomic E-state index is -0.287. The smallest absolute Gasteiger partial charge is 0.244 e. The van der Waals surface area contributed by atoms with Gasteiger partial charge in [-0.15, -0.1) is 0 Å². The van der Waals surface area contributed by atoms with Crippen molar-refractivity contribution in [2.75, 3.05) is 11.9 Å². The van der Waals surface area contributed by atoms with Gasteiger partial charge in [0, 0.05) is 22.2 Å². The van der Waals surface area contributed by atoms with E-state index >= 15 is 0 Å². The van der Waals surface area contributed by atoms with E-state index in [1.807, 2.05) is 36.4 Å². The van der Waals surface area contributed by atoms with Gasteiger partial charge in [0.05, 0.1) is 6.04 Å². The molecule has 0 spiro atoms. The van der Waals surface area contributed by atoms with E-state index in [0.717, 1.165) is 24.0 Å². The van der Waals surface area contributed by atoms with Crippen molar-refractivity contribution in [3.63, 3.8) is 0 Å². The average molecular weight is 341 g/mol. The number of carbonyl (C=O) groups excluding carboxylic acids is 2. The standard InChI is InChI=1S/C19H17ClN2O2/c20-14-8-9-15-16(10-14)21-17(23)11-22(19(24)13-6-7-13)18(15)12-4-2-1-3-5-12/h1-5,8-10,13,18H,6-7,11H2,(H,21,23)/t18-/m0/s1. The highest BCUT2D eigenvalue weighted by atomic mass is 35.5. The molecule has 4 nitrogen and oxygen atoms in total. The molecule has 1 N–H and O–H groups in total. The van der Waals surface area contributed by atoms with Crippen LogP contribution in [0.2, 0.25) is 5.02 Å². The number of halogens is 1. The van der Waals surface area contributed by atoms with Crippen molar-refractivity contribution in [3.8, 4) is 0 Å². The van der Waals surface area contributed by atoms with E-state index in [9.17, 15) is 9.59 Å². The van der Waals surface area contributed by atoms with Crippen LogP contribution < -0.4 is 5.32 Å². The van der Waals surface area contributed by atoms with Gasteiger partial charge in [0.25, 0.3) is 0 Å². The summed E-state index contributed by atoms with van der Waals surface area (Å²) in [4.78, 5) is 26.9. The molecule has 2 aromatic carbocycles. The molecule has 2 aliphatic rings. The molecule has 24 heavy (non-hydrogen) atoms. The van der Waals surface area contributed by atoms with Crippen LogP contribution in [0.3, 0.4) is 0 Å². The van der Waals surface area contributed by atoms with Crippen LogP contribution in [0.5, 0.6) is 0 Å². The van der Waals surface area contributed by atoms with Gasteiger partial charge in [-0.05, 0) is 30.5 Å². The molecule has 1 saturated carbocycles. The lowest BCUT2D eigenvalue weighted by Crippen LogP contribution is -2.39. The lowest BCUT2D eigenvalue weighted by molar-refractivity contribution is -0.137. The molecule has 2 amide bonds. The number of benzene rings is 2. The number of amides is 2. The number of rotatable bonds is 2. The summed E-state index contributed by atoms with van der Waals surface area (Å²) in [6.45, 7) is 0.0567. The second kappa shape index (κ2) is 5.95. The van der Waals surface area contributed by atoms with Crippen molar-refractivity contribution in [2.24, 2.45) is 5.92 Å². The first-order valence-electron chi connectivity index (χ1n) is 8.08. The summed E-state index contributed by atoms with van der Waals surface area (Å²) in [5.74, 6) is -0.0781. The van der Waals surface area contributed by atoms with Crippen LogP contribution in [-0.2, 0) is 9.59 Å². The molecule has 1 atom stereocenters. The van der Waals surface area contributed by atoms with Gasteiger partial charge in [-0.3, -0.25) is 9.59 Å². The van der Waals surface area contributed by atoms with Gasteiger partial charge >= 0.3 is 0 Å². The van der Waals surface area contributed by atoms with Crippen LogP contribution >= 0.6 is 11.6 Å². The van der Waals surface area contributed by atoms with Gasteiger partial charge in [-0.2, -0.15) is 0 Å². The van der Waals surface area contributed by atoms with Crippen LogP contribution in [0.4, 0.5) is 5.69 Å². The molecule has 0 aromatic heterocycles. The van der Waals surface area contributed by atoms with Crippen molar-refractivity contribution in [1.29, 1.82) is 0 Å². The molecular weight excluding hydrogens is 324 g/mol. The average Bonchev–Trinajstić information content (AvgIpc) is 3.41. The number of hydrogen-bond donors (Lipinski definition) is 1. The van der Waals surface area contributed by atoms with E-state index in [-0.39, 0.29) is 30.3 Å². The number of carbonyl (C=O) groups is 2. The maximum Gasteiger partial charge on any atom is 0.244 e. The number of nitrogens with one attached hydrogen (secondary N) is 1. The number of fused-ring (bicyclic) bond motifs is 1. The quantitative estimate of drug-likeness (QED) is 0.907. The third kappa shape index (κ3) is 2.78. The first kappa shape index (κ1) is 15.2. The summed E-state index contributed by atoms with van der Waals surface area (Å²) in [5.41, 5.74) is 2.56. The molecule has 2 aromatic rings. The van der Waals surface area contributed by atoms with Crippen LogP contribution in [0.25, 0.3) is 0 Å². The number of nitrogens with zero attached hydrogens (tertiary/aromatic N) is 1. The van der Waals surface area contributed by atoms with Crippen LogP contribution in [0.15, 0.2) is 48.5 Å². The van der Waals surface area contributed by atoms with E-state index in [2.05, 4.69) is 5.32 Å². The Kier molecular flexibility index (Phi) is 3.77. The highest BCUT2D eigenvalue weighted by Gasteiger charge is 2.40. The van der Waals surface area contributed by atoms with E-state index in [0.29, 0.717) is 10.7 Å². The first-order valence-corrected chi connectivity index (χ1v) is 8.46. The summed E-state index contributed by atoms with van der Waals surface area (Å²) in [7, 11) is 0. The minimum Gasteiger partial charge on any atom is -0.324 e. The Labute approximate surface area is 145 Å². The lowest BCUT2D eigenvalue weighted by atomic mass is 9.95. The van der Waals surface area contributed by atoms with Crippen LogP contribution in [-0.4, -0.2) is 23.3 Å². The molecule has 4 rings (SSSR count). The third-order valence-corrected chi connectivity index (χ3v) is 4.77. The van der Waals surface area contributed by atoms with Crippen molar-refractivity contribution in [2.45, 2.75) is 18.9 Å². The summed E-state index contributed by atoms with van der Waals surface area (Å²) in [6, 6.07) is 15.0. The fourth-order valence-corrected chi connectivity index (χ4v) is 3.42. The Hall–Kier alpha value is -2.33. The van der Waals surface area contributed by atoms with Gasteiger partial charge in [-0.25, -0.2) is 0 Å². The Morgan fingerprint density at radius 3 is 2.58 bits per heavy atom. The summed E-state index contributed by atoms with van der Waals surface area (Å²) >= 11 is 6.10. The second-order valence-corrected chi connectivity index (χ2v) is 6.77. The fraction of sp³-hybridized carbons (Fsp3) is 0.263. The summed E-state index contributed by atoms with van der Waals surface area (Å²) < 4.78 is 0. The van der Waals surface area contributed by atoms with Gasteiger partial charge in [0.1, 0.15) is 6.54 Å². The Morgan fingerprint density at radius 2 is 1.88 bits per heavy atom. The monoisotopic (exact) mass is 340 g/mol. The second-order valence-electron chi connectivity index (χ2n) is 6.33. The van der Waals surface area contributed by atoms with E-state index in [1.165, 1.54) is 0 Å². The summed E-state index contributed by atoms with van der Waals surface area (Å²) in [5, 5.41) is 3.45. The van der Waals surface area contributed by atoms with Gasteiger partial charge < -0.3 is 10.2 Å². The van der Waals surface area contributed by atoms with Crippen molar-refractivity contribution < 1.29 is 9.59 Å². The molecule has 0 bridgehead atoms. The Bertz CT molecular complexity index is 802. The molecule has 0 unspecified atom stereocenters. The molecule has 1 fully saturated rings. The molecule has 0 saturated heterocycles. The zero-order valence-corrected chi connectivity index (χ0v) is 13.8. The molecule has 122 valence electrons. The fourth-order valence-electron chi connectivity index (χ4n) is 3.24. The van der Waals surface area contributed by atoms with Crippen molar-refractivity contribution in [3.05, 3.63) is 64.7 Å². The highest BCUT2D eigenvalue weighted by molar-refractivity contribution is 6.31. The Balaban J connectivity index is 1.87. The normalized spacial score (nSPS) is 20.1. The van der Waals surface area contributed by atoms with E-state index < -0.39 is 0 Å². The minimum absolute atomic E-state index is 0.0536. The molecule has 1 aliphatic carbocycles. The highest BCUT2D eigenvalue weighted by Crippen LogP contribution is 2.40. The van der Waals surface area contributed by atoms with Gasteiger partial charge in [-0.1, -0.05) is 48.0 Å².